The van der Waals surface area contributed by atoms with Crippen LogP contribution in [0.4, 0.5) is 0 Å². The standard InChI is InChI=1S/C11H11AtO8P2/c1-6-4-10(19-21(13,14)15)9-5-7(12)2-3-8(9)11(6)20-22(16,17)18/h2-5H,1H3,(H2,13,14,15)(H2,16,17,18)/i12+1. The fourth-order valence-electron chi connectivity index (χ4n) is 1.91. The van der Waals surface area contributed by atoms with Crippen LogP contribution in [-0.4, -0.2) is 19.6 Å². The Morgan fingerprint density at radius 3 is 2.09 bits per heavy atom. The minimum absolute atomic E-state index is 0.0620. The van der Waals surface area contributed by atoms with E-state index in [4.69, 9.17) is 24.1 Å². The Morgan fingerprint density at radius 1 is 0.955 bits per heavy atom. The fourth-order valence-corrected chi connectivity index (χ4v) is 3.47. The normalized spacial score (nSPS) is 12.5. The third-order valence-corrected chi connectivity index (χ3v) is 4.39. The SMILES string of the molecule is Cc1cc(OP(=O)(O)O)c2cc([211At])ccc2c1OP(=O)(O)O. The zero-order chi connectivity index (χ0) is 16.7. The van der Waals surface area contributed by atoms with Gasteiger partial charge in [-0.3, -0.25) is 0 Å². The summed E-state index contributed by atoms with van der Waals surface area (Å²) < 4.78 is 32.3. The molecular weight excluding hydrogens is 533 g/mol. The van der Waals surface area contributed by atoms with Crippen LogP contribution in [0.25, 0.3) is 10.8 Å². The molecule has 0 aliphatic carbocycles. The van der Waals surface area contributed by atoms with Crippen LogP contribution in [-0.2, 0) is 9.13 Å². The van der Waals surface area contributed by atoms with Gasteiger partial charge in [0.25, 0.3) is 0 Å². The number of fused-ring (bicyclic) bond motifs is 1. The molecule has 0 aliphatic heterocycles. The Kier molecular flexibility index (Phi) is 5.01. The summed E-state index contributed by atoms with van der Waals surface area (Å²) in [7, 11) is -9.55. The Hall–Kier alpha value is -0.517. The topological polar surface area (TPSA) is 134 Å². The summed E-state index contributed by atoms with van der Waals surface area (Å²) in [6.45, 7) is 1.49. The maximum absolute atomic E-state index is 11.1. The number of phosphoric acid groups is 2. The summed E-state index contributed by atoms with van der Waals surface area (Å²) in [6.07, 6.45) is 0. The molecule has 0 saturated heterocycles. The van der Waals surface area contributed by atoms with Crippen LogP contribution in [0.1, 0.15) is 5.56 Å². The van der Waals surface area contributed by atoms with Crippen molar-refractivity contribution in [3.8, 4) is 11.5 Å². The van der Waals surface area contributed by atoms with Crippen LogP contribution in [0, 0.1) is 31.6 Å². The van der Waals surface area contributed by atoms with Crippen LogP contribution in [0.5, 0.6) is 11.5 Å². The summed E-state index contributed by atoms with van der Waals surface area (Å²) in [5, 5.41) is 0.573. The third kappa shape index (κ3) is 4.49. The zero-order valence-corrected chi connectivity index (χ0v) is 15.7. The van der Waals surface area contributed by atoms with Crippen molar-refractivity contribution in [1.82, 2.24) is 0 Å². The van der Waals surface area contributed by atoms with E-state index in [1.807, 2.05) is 0 Å². The number of phosphoric ester groups is 2. The number of hydrogen-bond acceptors (Lipinski definition) is 4. The first-order chi connectivity index (χ1) is 9.96. The maximum atomic E-state index is 11.1. The molecule has 2 rings (SSSR count). The van der Waals surface area contributed by atoms with Crippen molar-refractivity contribution in [3.05, 3.63) is 29.8 Å². The summed E-state index contributed by atoms with van der Waals surface area (Å²) in [5.74, 6) is -0.148. The first kappa shape index (κ1) is 17.8. The molecule has 0 heterocycles. The molecule has 8 nitrogen and oxygen atoms in total. The van der Waals surface area contributed by atoms with Gasteiger partial charge in [0.05, 0.1) is 0 Å². The molecule has 0 saturated carbocycles. The average molecular weight is 544 g/mol. The molecule has 2 aromatic rings. The predicted molar refractivity (Wildman–Crippen MR) is 73.7 cm³/mol. The molecule has 0 fully saturated rings. The van der Waals surface area contributed by atoms with Gasteiger partial charge in [-0.25, -0.2) is 0 Å². The van der Waals surface area contributed by atoms with Gasteiger partial charge in [-0.1, -0.05) is 0 Å². The third-order valence-electron chi connectivity index (χ3n) is 2.62. The quantitative estimate of drug-likeness (QED) is 0.424. The van der Waals surface area contributed by atoms with Crippen molar-refractivity contribution in [2.45, 2.75) is 6.92 Å². The number of benzene rings is 2. The molecule has 0 amide bonds. The molecule has 120 valence electrons. The van der Waals surface area contributed by atoms with E-state index < -0.39 is 15.6 Å². The van der Waals surface area contributed by atoms with Gasteiger partial charge in [-0.2, -0.15) is 0 Å². The van der Waals surface area contributed by atoms with E-state index in [0.717, 1.165) is 3.27 Å². The van der Waals surface area contributed by atoms with Crippen LogP contribution in [0.3, 0.4) is 0 Å². The average Bonchev–Trinajstić information content (AvgIpc) is 2.31. The van der Waals surface area contributed by atoms with Crippen molar-refractivity contribution in [3.63, 3.8) is 0 Å². The second-order valence-electron chi connectivity index (χ2n) is 4.37. The second kappa shape index (κ2) is 6.18. The van der Waals surface area contributed by atoms with Crippen molar-refractivity contribution < 1.29 is 62.5 Å². The van der Waals surface area contributed by atoms with Gasteiger partial charge in [0.1, 0.15) is 0 Å². The van der Waals surface area contributed by atoms with Crippen molar-refractivity contribution in [2.24, 2.45) is 0 Å². The molecule has 4 N–H and O–H groups in total. The summed E-state index contributed by atoms with van der Waals surface area (Å²) >= 11 is 1.32. The fraction of sp³-hybridized carbons (Fsp3) is 0.0909. The van der Waals surface area contributed by atoms with E-state index in [-0.39, 0.29) is 27.8 Å². The zero-order valence-electron chi connectivity index (χ0n) is 11.0. The molecule has 0 bridgehead atoms. The minimum atomic E-state index is -4.78. The van der Waals surface area contributed by atoms with Crippen molar-refractivity contribution in [2.75, 3.05) is 0 Å². The van der Waals surface area contributed by atoms with Crippen LogP contribution in [0.2, 0.25) is 0 Å². The van der Waals surface area contributed by atoms with Gasteiger partial charge in [-0.05, 0) is 0 Å². The van der Waals surface area contributed by atoms with Gasteiger partial charge in [-0.15, -0.1) is 0 Å². The van der Waals surface area contributed by atoms with Crippen molar-refractivity contribution >= 4 is 29.7 Å². The molecule has 2 aromatic carbocycles. The molecule has 0 radical (unpaired) electrons. The van der Waals surface area contributed by atoms with Gasteiger partial charge in [0.15, 0.2) is 0 Å². The van der Waals surface area contributed by atoms with E-state index in [1.165, 1.54) is 37.7 Å². The molecule has 0 spiro atoms. The van der Waals surface area contributed by atoms with Gasteiger partial charge in [0, 0.05) is 0 Å². The van der Waals surface area contributed by atoms with Gasteiger partial charge < -0.3 is 0 Å². The predicted octanol–water partition coefficient (Wildman–Crippen LogP) is 1.27. The molecule has 0 atom stereocenters. The first-order valence-electron chi connectivity index (χ1n) is 5.69. The second-order valence-corrected chi connectivity index (χ2v) is 8.40. The van der Waals surface area contributed by atoms with Crippen LogP contribution < -0.4 is 12.3 Å². The monoisotopic (exact) mass is 544 g/mol. The molecule has 22 heavy (non-hydrogen) atoms. The van der Waals surface area contributed by atoms with E-state index in [0.29, 0.717) is 0 Å². The van der Waals surface area contributed by atoms with E-state index >= 15 is 0 Å². The molecule has 11 heteroatoms. The first-order valence-corrected chi connectivity index (χ1v) is 10.2. The molecule has 0 aliphatic rings. The summed E-state index contributed by atoms with van der Waals surface area (Å²) in [4.78, 5) is 36.0. The Balaban J connectivity index is 2.75. The van der Waals surface area contributed by atoms with E-state index in [2.05, 4.69) is 4.52 Å². The molecule has 0 unspecified atom stereocenters. The van der Waals surface area contributed by atoms with E-state index in [9.17, 15) is 9.13 Å². The van der Waals surface area contributed by atoms with Crippen molar-refractivity contribution in [1.29, 1.82) is 0 Å². The van der Waals surface area contributed by atoms with Crippen LogP contribution in [0.15, 0.2) is 24.3 Å². The molecular formula is C11H11AtO8P2. The Bertz CT molecular complexity index is 824. The molecule has 0 aromatic heterocycles. The van der Waals surface area contributed by atoms with Gasteiger partial charge >= 0.3 is 140 Å². The number of hydrogen-bond donors (Lipinski definition) is 4. The number of aryl methyl sites for hydroxylation is 1. The Morgan fingerprint density at radius 2 is 1.55 bits per heavy atom. The number of rotatable bonds is 4. The van der Waals surface area contributed by atoms with Crippen LogP contribution >= 0.6 is 15.6 Å². The van der Waals surface area contributed by atoms with Gasteiger partial charge in [0.2, 0.25) is 0 Å². The van der Waals surface area contributed by atoms with E-state index in [1.54, 1.807) is 18.2 Å². The Labute approximate surface area is 140 Å². The summed E-state index contributed by atoms with van der Waals surface area (Å²) in [5.41, 5.74) is 0.271. The summed E-state index contributed by atoms with van der Waals surface area (Å²) in [6, 6.07) is 6.11.